The van der Waals surface area contributed by atoms with Crippen LogP contribution in [-0.2, 0) is 9.84 Å². The lowest BCUT2D eigenvalue weighted by Gasteiger charge is -2.12. The van der Waals surface area contributed by atoms with Crippen LogP contribution in [-0.4, -0.2) is 25.7 Å². The topological polar surface area (TPSA) is 80.7 Å². The summed E-state index contributed by atoms with van der Waals surface area (Å²) in [4.78, 5) is 11.0. The van der Waals surface area contributed by atoms with Crippen LogP contribution >= 0.6 is 0 Å². The Morgan fingerprint density at radius 3 is 2.29 bits per heavy atom. The molecule has 2 rings (SSSR count). The van der Waals surface area contributed by atoms with Gasteiger partial charge in [-0.25, -0.2) is 13.2 Å². The van der Waals surface area contributed by atoms with Crippen LogP contribution < -0.4 is 4.74 Å². The molecule has 0 saturated heterocycles. The minimum absolute atomic E-state index is 0.0594. The molecule has 0 spiro atoms. The third kappa shape index (κ3) is 3.41. The molecule has 0 amide bonds. The van der Waals surface area contributed by atoms with Gasteiger partial charge in [-0.15, -0.1) is 0 Å². The number of aromatic carboxylic acids is 1. The number of hydrogen-bond donors (Lipinski definition) is 1. The third-order valence-corrected chi connectivity index (χ3v) is 4.01. The fourth-order valence-corrected chi connectivity index (χ4v) is 2.67. The summed E-state index contributed by atoms with van der Waals surface area (Å²) in [6.07, 6.45) is 1.02. The van der Waals surface area contributed by atoms with Crippen LogP contribution in [0.15, 0.2) is 47.4 Å². The number of rotatable bonds is 4. The van der Waals surface area contributed by atoms with Crippen molar-refractivity contribution in [2.24, 2.45) is 0 Å². The Labute approximate surface area is 122 Å². The number of para-hydroxylation sites is 1. The van der Waals surface area contributed by atoms with Crippen molar-refractivity contribution in [1.29, 1.82) is 0 Å². The van der Waals surface area contributed by atoms with Gasteiger partial charge in [0.05, 0.1) is 5.56 Å². The molecule has 21 heavy (non-hydrogen) atoms. The van der Waals surface area contributed by atoms with Gasteiger partial charge in [-0.3, -0.25) is 0 Å². The Morgan fingerprint density at radius 1 is 1.14 bits per heavy atom. The number of aryl methyl sites for hydroxylation is 1. The summed E-state index contributed by atoms with van der Waals surface area (Å²) in [5.41, 5.74) is 0.372. The molecule has 0 saturated carbocycles. The van der Waals surface area contributed by atoms with E-state index in [1.165, 1.54) is 6.07 Å². The van der Waals surface area contributed by atoms with Crippen molar-refractivity contribution in [3.63, 3.8) is 0 Å². The molecule has 0 fully saturated rings. The van der Waals surface area contributed by atoms with Crippen LogP contribution in [0, 0.1) is 6.92 Å². The van der Waals surface area contributed by atoms with E-state index in [1.807, 2.05) is 6.07 Å². The fourth-order valence-electron chi connectivity index (χ4n) is 1.88. The minimum atomic E-state index is -3.61. The molecule has 0 unspecified atom stereocenters. The van der Waals surface area contributed by atoms with Gasteiger partial charge in [-0.05, 0) is 36.8 Å². The third-order valence-electron chi connectivity index (χ3n) is 2.89. The predicted molar refractivity (Wildman–Crippen MR) is 77.8 cm³/mol. The second-order valence-corrected chi connectivity index (χ2v) is 6.59. The molecule has 0 aliphatic rings. The van der Waals surface area contributed by atoms with Crippen molar-refractivity contribution in [3.05, 3.63) is 53.6 Å². The summed E-state index contributed by atoms with van der Waals surface area (Å²) in [5.74, 6) is -0.584. The normalized spacial score (nSPS) is 11.1. The standard InChI is InChI=1S/C15H14O5S/c1-10-8-13(20-11-6-4-3-5-7-11)14(21(2,18)19)9-12(10)15(16)17/h3-9H,1-2H3,(H,16,17). The Morgan fingerprint density at radius 2 is 1.76 bits per heavy atom. The highest BCUT2D eigenvalue weighted by Crippen LogP contribution is 2.31. The number of sulfone groups is 1. The molecule has 0 atom stereocenters. The van der Waals surface area contributed by atoms with E-state index < -0.39 is 15.8 Å². The molecule has 2 aromatic carbocycles. The molecule has 0 radical (unpaired) electrons. The van der Waals surface area contributed by atoms with E-state index in [0.29, 0.717) is 11.3 Å². The highest BCUT2D eigenvalue weighted by Gasteiger charge is 2.20. The maximum Gasteiger partial charge on any atom is 0.335 e. The van der Waals surface area contributed by atoms with Crippen molar-refractivity contribution in [2.75, 3.05) is 6.26 Å². The molecule has 110 valence electrons. The van der Waals surface area contributed by atoms with Gasteiger partial charge < -0.3 is 9.84 Å². The second-order valence-electron chi connectivity index (χ2n) is 4.61. The largest absolute Gasteiger partial charge is 0.478 e. The molecule has 0 bridgehead atoms. The zero-order chi connectivity index (χ0) is 15.6. The van der Waals surface area contributed by atoms with Gasteiger partial charge in [-0.1, -0.05) is 18.2 Å². The lowest BCUT2D eigenvalue weighted by Crippen LogP contribution is -2.06. The van der Waals surface area contributed by atoms with Gasteiger partial charge in [0.15, 0.2) is 9.84 Å². The average molecular weight is 306 g/mol. The van der Waals surface area contributed by atoms with Gasteiger partial charge in [0, 0.05) is 6.26 Å². The predicted octanol–water partition coefficient (Wildman–Crippen LogP) is 2.89. The van der Waals surface area contributed by atoms with Gasteiger partial charge in [0.25, 0.3) is 0 Å². The van der Waals surface area contributed by atoms with E-state index in [0.717, 1.165) is 12.3 Å². The fraction of sp³-hybridized carbons (Fsp3) is 0.133. The molecule has 1 N–H and O–H groups in total. The van der Waals surface area contributed by atoms with Crippen LogP contribution in [0.3, 0.4) is 0 Å². The van der Waals surface area contributed by atoms with E-state index in [1.54, 1.807) is 31.2 Å². The van der Waals surface area contributed by atoms with Crippen molar-refractivity contribution < 1.29 is 23.1 Å². The molecule has 0 aliphatic carbocycles. The molecule has 0 aromatic heterocycles. The van der Waals surface area contributed by atoms with Crippen LogP contribution in [0.2, 0.25) is 0 Å². The summed E-state index contributed by atoms with van der Waals surface area (Å²) in [7, 11) is -3.61. The highest BCUT2D eigenvalue weighted by atomic mass is 32.2. The first-order valence-corrected chi connectivity index (χ1v) is 7.99. The van der Waals surface area contributed by atoms with Crippen molar-refractivity contribution in [3.8, 4) is 11.5 Å². The number of benzene rings is 2. The van der Waals surface area contributed by atoms with E-state index in [9.17, 15) is 13.2 Å². The number of ether oxygens (including phenoxy) is 1. The summed E-state index contributed by atoms with van der Waals surface area (Å²) in [6.45, 7) is 1.59. The Balaban J connectivity index is 2.59. The second kappa shape index (κ2) is 5.57. The summed E-state index contributed by atoms with van der Waals surface area (Å²) < 4.78 is 29.3. The first-order valence-electron chi connectivity index (χ1n) is 6.10. The first kappa shape index (κ1) is 15.1. The molecule has 6 heteroatoms. The van der Waals surface area contributed by atoms with Gasteiger partial charge >= 0.3 is 5.97 Å². The lowest BCUT2D eigenvalue weighted by atomic mass is 10.1. The Hall–Kier alpha value is -2.34. The van der Waals surface area contributed by atoms with E-state index in [4.69, 9.17) is 9.84 Å². The highest BCUT2D eigenvalue weighted by molar-refractivity contribution is 7.90. The summed E-state index contributed by atoms with van der Waals surface area (Å²) in [5, 5.41) is 9.10. The number of carboxylic acid groups (broad SMARTS) is 1. The molecule has 5 nitrogen and oxygen atoms in total. The van der Waals surface area contributed by atoms with Crippen LogP contribution in [0.1, 0.15) is 15.9 Å². The lowest BCUT2D eigenvalue weighted by molar-refractivity contribution is 0.0696. The average Bonchev–Trinajstić information content (AvgIpc) is 2.38. The zero-order valence-electron chi connectivity index (χ0n) is 11.5. The minimum Gasteiger partial charge on any atom is -0.478 e. The number of carboxylic acids is 1. The van der Waals surface area contributed by atoms with Gasteiger partial charge in [0.1, 0.15) is 16.4 Å². The molecule has 0 heterocycles. The maximum atomic E-state index is 11.9. The van der Waals surface area contributed by atoms with Gasteiger partial charge in [0.2, 0.25) is 0 Å². The van der Waals surface area contributed by atoms with Crippen molar-refractivity contribution >= 4 is 15.8 Å². The molecule has 2 aromatic rings. The number of carbonyl (C=O) groups is 1. The van der Waals surface area contributed by atoms with Crippen molar-refractivity contribution in [1.82, 2.24) is 0 Å². The molecule has 0 aliphatic heterocycles. The van der Waals surface area contributed by atoms with E-state index in [2.05, 4.69) is 0 Å². The maximum absolute atomic E-state index is 11.9. The molecular weight excluding hydrogens is 292 g/mol. The number of hydrogen-bond acceptors (Lipinski definition) is 4. The monoisotopic (exact) mass is 306 g/mol. The summed E-state index contributed by atoms with van der Waals surface area (Å²) in [6, 6.07) is 11.3. The quantitative estimate of drug-likeness (QED) is 0.939. The Bertz CT molecular complexity index is 779. The van der Waals surface area contributed by atoms with Crippen LogP contribution in [0.25, 0.3) is 0 Å². The van der Waals surface area contributed by atoms with Crippen LogP contribution in [0.5, 0.6) is 11.5 Å². The van der Waals surface area contributed by atoms with Crippen molar-refractivity contribution in [2.45, 2.75) is 11.8 Å². The zero-order valence-corrected chi connectivity index (χ0v) is 12.3. The van der Waals surface area contributed by atoms with E-state index in [-0.39, 0.29) is 16.2 Å². The smallest absolute Gasteiger partial charge is 0.335 e. The van der Waals surface area contributed by atoms with Gasteiger partial charge in [-0.2, -0.15) is 0 Å². The first-order chi connectivity index (χ1) is 9.79. The van der Waals surface area contributed by atoms with Crippen LogP contribution in [0.4, 0.5) is 0 Å². The van der Waals surface area contributed by atoms with E-state index >= 15 is 0 Å². The Kier molecular flexibility index (Phi) is 3.99. The molecular formula is C15H14O5S. The summed E-state index contributed by atoms with van der Waals surface area (Å²) >= 11 is 0. The SMILES string of the molecule is Cc1cc(Oc2ccccc2)c(S(C)(=O)=O)cc1C(=O)O.